The van der Waals surface area contributed by atoms with Crippen molar-refractivity contribution in [2.24, 2.45) is 0 Å². The summed E-state index contributed by atoms with van der Waals surface area (Å²) in [4.78, 5) is 17.2. The van der Waals surface area contributed by atoms with Crippen molar-refractivity contribution in [1.29, 1.82) is 0 Å². The van der Waals surface area contributed by atoms with Crippen LogP contribution in [0.4, 0.5) is 5.69 Å². The lowest BCUT2D eigenvalue weighted by Gasteiger charge is -2.44. The summed E-state index contributed by atoms with van der Waals surface area (Å²) in [5.74, 6) is 0.989. The van der Waals surface area contributed by atoms with Crippen molar-refractivity contribution >= 4 is 11.6 Å². The zero-order valence-corrected chi connectivity index (χ0v) is 15.6. The maximum Gasteiger partial charge on any atom is 0.258 e. The monoisotopic (exact) mass is 362 g/mol. The van der Waals surface area contributed by atoms with E-state index in [1.165, 1.54) is 0 Å². The highest BCUT2D eigenvalue weighted by molar-refractivity contribution is 6.02. The van der Waals surface area contributed by atoms with Gasteiger partial charge in [0.2, 0.25) is 0 Å². The van der Waals surface area contributed by atoms with Crippen LogP contribution in [0.3, 0.4) is 0 Å². The second-order valence-corrected chi connectivity index (χ2v) is 7.02. The topological polar surface area (TPSA) is 56.9 Å². The van der Waals surface area contributed by atoms with Crippen LogP contribution >= 0.6 is 0 Å². The van der Waals surface area contributed by atoms with Crippen LogP contribution in [-0.4, -0.2) is 23.0 Å². The molecule has 5 nitrogen and oxygen atoms in total. The van der Waals surface area contributed by atoms with Crippen LogP contribution in [0.5, 0.6) is 5.75 Å². The molecule has 1 N–H and O–H groups in total. The van der Waals surface area contributed by atoms with Crippen LogP contribution in [-0.2, 0) is 6.54 Å². The molecule has 0 fully saturated rings. The number of aromatic hydroxyl groups is 1. The quantitative estimate of drug-likeness (QED) is 0.751. The highest BCUT2D eigenvalue weighted by atomic mass is 16.3. The van der Waals surface area contributed by atoms with Crippen LogP contribution < -0.4 is 4.90 Å². The van der Waals surface area contributed by atoms with E-state index in [0.29, 0.717) is 17.9 Å². The predicted molar refractivity (Wildman–Crippen MR) is 104 cm³/mol. The number of rotatable bonds is 3. The van der Waals surface area contributed by atoms with Crippen molar-refractivity contribution in [3.05, 3.63) is 82.8 Å². The molecule has 1 amide bonds. The van der Waals surface area contributed by atoms with Crippen LogP contribution in [0.25, 0.3) is 0 Å². The third kappa shape index (κ3) is 2.85. The van der Waals surface area contributed by atoms with Gasteiger partial charge < -0.3 is 19.3 Å². The molecule has 0 saturated carbocycles. The van der Waals surface area contributed by atoms with E-state index < -0.39 is 0 Å². The van der Waals surface area contributed by atoms with Crippen LogP contribution in [0, 0.1) is 13.8 Å². The summed E-state index contributed by atoms with van der Waals surface area (Å²) in [5.41, 5.74) is 4.12. The number of carbonyl (C=O) groups excluding carboxylic acids is 1. The van der Waals surface area contributed by atoms with E-state index in [9.17, 15) is 9.90 Å². The molecule has 2 heterocycles. The molecule has 0 aliphatic carbocycles. The number of phenolic OH excluding ortho intramolecular Hbond substituents is 1. The molecule has 5 heteroatoms. The first-order valence-corrected chi connectivity index (χ1v) is 8.92. The van der Waals surface area contributed by atoms with E-state index in [4.69, 9.17) is 4.42 Å². The molecule has 1 aromatic heterocycles. The summed E-state index contributed by atoms with van der Waals surface area (Å²) < 4.78 is 5.51. The summed E-state index contributed by atoms with van der Waals surface area (Å²) in [7, 11) is 1.99. The molecule has 1 aliphatic heterocycles. The van der Waals surface area contributed by atoms with E-state index in [0.717, 1.165) is 28.1 Å². The fraction of sp³-hybridized carbons (Fsp3) is 0.227. The average Bonchev–Trinajstić information content (AvgIpc) is 3.17. The van der Waals surface area contributed by atoms with Gasteiger partial charge in [0.25, 0.3) is 5.91 Å². The summed E-state index contributed by atoms with van der Waals surface area (Å²) in [6.45, 7) is 4.12. The zero-order valence-electron chi connectivity index (χ0n) is 15.6. The number of furan rings is 1. The number of amides is 1. The van der Waals surface area contributed by atoms with Gasteiger partial charge in [-0.2, -0.15) is 0 Å². The minimum atomic E-state index is -0.296. The van der Waals surface area contributed by atoms with Gasteiger partial charge in [0, 0.05) is 7.05 Å². The number of para-hydroxylation sites is 1. The van der Waals surface area contributed by atoms with Crippen LogP contribution in [0.15, 0.2) is 59.2 Å². The van der Waals surface area contributed by atoms with E-state index >= 15 is 0 Å². The summed E-state index contributed by atoms with van der Waals surface area (Å²) in [6.07, 6.45) is 1.32. The Labute approximate surface area is 158 Å². The average molecular weight is 362 g/mol. The molecule has 1 aliphatic rings. The Morgan fingerprint density at radius 3 is 2.44 bits per heavy atom. The first-order chi connectivity index (χ1) is 13.0. The van der Waals surface area contributed by atoms with Crippen molar-refractivity contribution in [3.8, 4) is 5.75 Å². The SMILES string of the molecule is Cc1cc(C2N(Cc3ccco3)C(=O)c3ccccc3N2C)cc(C)c1O. The Morgan fingerprint density at radius 1 is 1.07 bits per heavy atom. The molecule has 0 bridgehead atoms. The lowest BCUT2D eigenvalue weighted by molar-refractivity contribution is 0.0619. The van der Waals surface area contributed by atoms with Crippen molar-refractivity contribution in [2.45, 2.75) is 26.6 Å². The number of nitrogens with zero attached hydrogens (tertiary/aromatic N) is 2. The predicted octanol–water partition coefficient (Wildman–Crippen LogP) is 4.39. The second kappa shape index (κ2) is 6.50. The van der Waals surface area contributed by atoms with Crippen LogP contribution in [0.1, 0.15) is 39.0 Å². The molecule has 1 atom stereocenters. The summed E-state index contributed by atoms with van der Waals surface area (Å²) >= 11 is 0. The highest BCUT2D eigenvalue weighted by Crippen LogP contribution is 2.40. The highest BCUT2D eigenvalue weighted by Gasteiger charge is 2.37. The third-order valence-corrected chi connectivity index (χ3v) is 5.16. The maximum atomic E-state index is 13.3. The number of hydrogen-bond donors (Lipinski definition) is 1. The van der Waals surface area contributed by atoms with Crippen molar-refractivity contribution in [2.75, 3.05) is 11.9 Å². The molecular weight excluding hydrogens is 340 g/mol. The van der Waals surface area contributed by atoms with E-state index in [2.05, 4.69) is 4.90 Å². The van der Waals surface area contributed by atoms with Crippen molar-refractivity contribution < 1.29 is 14.3 Å². The van der Waals surface area contributed by atoms with Crippen LogP contribution in [0.2, 0.25) is 0 Å². The van der Waals surface area contributed by atoms with Gasteiger partial charge in [0.15, 0.2) is 0 Å². The second-order valence-electron chi connectivity index (χ2n) is 7.02. The normalized spacial score (nSPS) is 16.6. The Kier molecular flexibility index (Phi) is 4.15. The molecule has 0 radical (unpaired) electrons. The number of phenols is 1. The van der Waals surface area contributed by atoms with Gasteiger partial charge in [-0.25, -0.2) is 0 Å². The summed E-state index contributed by atoms with van der Waals surface area (Å²) in [5, 5.41) is 10.2. The Hall–Kier alpha value is -3.21. The van der Waals surface area contributed by atoms with E-state index in [1.54, 1.807) is 6.26 Å². The molecule has 3 aromatic rings. The molecule has 2 aromatic carbocycles. The van der Waals surface area contributed by atoms with E-state index in [-0.39, 0.29) is 12.1 Å². The number of hydrogen-bond acceptors (Lipinski definition) is 4. The maximum absolute atomic E-state index is 13.3. The largest absolute Gasteiger partial charge is 0.507 e. The summed E-state index contributed by atoms with van der Waals surface area (Å²) in [6, 6.07) is 15.2. The third-order valence-electron chi connectivity index (χ3n) is 5.16. The molecular formula is C22H22N2O3. The molecule has 138 valence electrons. The van der Waals surface area contributed by atoms with Gasteiger partial charge in [-0.3, -0.25) is 4.79 Å². The molecule has 0 saturated heterocycles. The van der Waals surface area contributed by atoms with Gasteiger partial charge in [-0.05, 0) is 66.9 Å². The van der Waals surface area contributed by atoms with Gasteiger partial charge in [0.05, 0.1) is 24.1 Å². The molecule has 1 unspecified atom stereocenters. The van der Waals surface area contributed by atoms with Gasteiger partial charge >= 0.3 is 0 Å². The number of carbonyl (C=O) groups is 1. The number of fused-ring (bicyclic) bond motifs is 1. The zero-order chi connectivity index (χ0) is 19.1. The number of benzene rings is 2. The fourth-order valence-corrected chi connectivity index (χ4v) is 3.84. The standard InChI is InChI=1S/C22H22N2O3/c1-14-11-16(12-15(2)20(14)25)21-23(3)19-9-5-4-8-18(19)22(26)24(21)13-17-7-6-10-27-17/h4-12,21,25H,13H2,1-3H3. The number of anilines is 1. The smallest absolute Gasteiger partial charge is 0.258 e. The first-order valence-electron chi connectivity index (χ1n) is 8.92. The molecule has 27 heavy (non-hydrogen) atoms. The fourth-order valence-electron chi connectivity index (χ4n) is 3.84. The Morgan fingerprint density at radius 2 is 1.78 bits per heavy atom. The van der Waals surface area contributed by atoms with Crippen molar-refractivity contribution in [1.82, 2.24) is 4.90 Å². The Bertz CT molecular complexity index is 972. The van der Waals surface area contributed by atoms with Gasteiger partial charge in [-0.1, -0.05) is 12.1 Å². The van der Waals surface area contributed by atoms with E-state index in [1.807, 2.05) is 74.3 Å². The lowest BCUT2D eigenvalue weighted by Crippen LogP contribution is -2.47. The Balaban J connectivity index is 1.86. The molecule has 0 spiro atoms. The lowest BCUT2D eigenvalue weighted by atomic mass is 9.98. The van der Waals surface area contributed by atoms with Crippen molar-refractivity contribution in [3.63, 3.8) is 0 Å². The van der Waals surface area contributed by atoms with Gasteiger partial charge in [-0.15, -0.1) is 0 Å². The first kappa shape index (κ1) is 17.2. The minimum absolute atomic E-state index is 0.0338. The number of aryl methyl sites for hydroxylation is 2. The minimum Gasteiger partial charge on any atom is -0.507 e. The van der Waals surface area contributed by atoms with Gasteiger partial charge in [0.1, 0.15) is 17.7 Å². The molecule has 4 rings (SSSR count).